The lowest BCUT2D eigenvalue weighted by atomic mass is 9.77. The van der Waals surface area contributed by atoms with Crippen LogP contribution < -0.4 is 0 Å². The summed E-state index contributed by atoms with van der Waals surface area (Å²) in [4.78, 5) is 12.2. The molecule has 0 aromatic rings. The Labute approximate surface area is 150 Å². The van der Waals surface area contributed by atoms with Gasteiger partial charge in [0.05, 0.1) is 13.2 Å². The summed E-state index contributed by atoms with van der Waals surface area (Å²) < 4.78 is 22.9. The van der Waals surface area contributed by atoms with Gasteiger partial charge in [-0.3, -0.25) is 0 Å². The molecule has 1 saturated heterocycles. The van der Waals surface area contributed by atoms with Crippen molar-refractivity contribution in [3.05, 3.63) is 0 Å². The molecule has 146 valence electrons. The second-order valence-electron chi connectivity index (χ2n) is 9.05. The van der Waals surface area contributed by atoms with E-state index in [1.165, 1.54) is 7.11 Å². The summed E-state index contributed by atoms with van der Waals surface area (Å²) in [5, 5.41) is 21.4. The number of aliphatic hydroxyl groups excluding tert-OH is 1. The molecule has 0 spiro atoms. The Hall–Kier alpha value is -0.513. The van der Waals surface area contributed by atoms with E-state index in [1.807, 2.05) is 0 Å². The highest BCUT2D eigenvalue weighted by atomic mass is 28.4. The summed E-state index contributed by atoms with van der Waals surface area (Å²) in [6.45, 7) is 14.0. The van der Waals surface area contributed by atoms with Crippen LogP contribution in [-0.2, 0) is 23.4 Å². The zero-order valence-electron chi connectivity index (χ0n) is 16.5. The first kappa shape index (κ1) is 20.8. The Bertz CT molecular complexity index is 528. The first-order valence-corrected chi connectivity index (χ1v) is 11.6. The molecule has 25 heavy (non-hydrogen) atoms. The number of ether oxygens (including phenoxy) is 3. The topological polar surface area (TPSA) is 94.5 Å². The Morgan fingerprint density at radius 1 is 1.20 bits per heavy atom. The molecule has 5 atom stereocenters. The van der Waals surface area contributed by atoms with Crippen LogP contribution in [0.25, 0.3) is 0 Å². The molecule has 1 saturated carbocycles. The van der Waals surface area contributed by atoms with Crippen LogP contribution in [0.1, 0.15) is 41.0 Å². The molecule has 2 N–H and O–H groups in total. The van der Waals surface area contributed by atoms with Crippen LogP contribution in [0.15, 0.2) is 0 Å². The summed E-state index contributed by atoms with van der Waals surface area (Å²) in [7, 11) is -1.03. The van der Waals surface area contributed by atoms with Gasteiger partial charge in [0.15, 0.2) is 19.7 Å². The Morgan fingerprint density at radius 3 is 2.20 bits per heavy atom. The quantitative estimate of drug-likeness (QED) is 0.570. The van der Waals surface area contributed by atoms with E-state index in [0.717, 1.165) is 0 Å². The monoisotopic (exact) mass is 376 g/mol. The van der Waals surface area contributed by atoms with Crippen molar-refractivity contribution in [1.29, 1.82) is 0 Å². The van der Waals surface area contributed by atoms with Crippen molar-refractivity contribution in [2.24, 2.45) is 0 Å². The number of rotatable bonds is 3. The SMILES string of the molecule is COC(=O)[C@]1(O)C[C@H](O[Si](C)(C)C(C)(C)C)[C@@H]2OC(C)(C)O[C@@H]2[C@H]1O. The van der Waals surface area contributed by atoms with Crippen LogP contribution in [0.4, 0.5) is 0 Å². The fraction of sp³-hybridized carbons (Fsp3) is 0.941. The number of methoxy groups -OCH3 is 1. The summed E-state index contributed by atoms with van der Waals surface area (Å²) in [6, 6.07) is 0. The van der Waals surface area contributed by atoms with Crippen LogP contribution in [0.3, 0.4) is 0 Å². The van der Waals surface area contributed by atoms with Gasteiger partial charge in [0.25, 0.3) is 0 Å². The van der Waals surface area contributed by atoms with Crippen molar-refractivity contribution in [2.45, 2.75) is 95.0 Å². The number of carbonyl (C=O) groups is 1. The molecule has 8 heteroatoms. The van der Waals surface area contributed by atoms with Crippen molar-refractivity contribution in [2.75, 3.05) is 7.11 Å². The standard InChI is InChI=1S/C17H32O7Si/c1-15(2,3)25(7,8)24-10-9-17(20,14(19)21-6)13(18)12-11(10)22-16(4,5)23-12/h10-13,18,20H,9H2,1-8H3/t10-,11-,12-,13+,17-/m0/s1. The molecule has 7 nitrogen and oxygen atoms in total. The first-order valence-electron chi connectivity index (χ1n) is 8.67. The number of hydrogen-bond donors (Lipinski definition) is 2. The van der Waals surface area contributed by atoms with Gasteiger partial charge >= 0.3 is 5.97 Å². The van der Waals surface area contributed by atoms with Crippen molar-refractivity contribution >= 4 is 14.3 Å². The van der Waals surface area contributed by atoms with Gasteiger partial charge in [-0.25, -0.2) is 4.79 Å². The van der Waals surface area contributed by atoms with Gasteiger partial charge in [-0.2, -0.15) is 0 Å². The smallest absolute Gasteiger partial charge is 0.340 e. The van der Waals surface area contributed by atoms with Crippen molar-refractivity contribution in [3.8, 4) is 0 Å². The maximum absolute atomic E-state index is 12.2. The Balaban J connectivity index is 2.38. The molecule has 2 fully saturated rings. The zero-order valence-corrected chi connectivity index (χ0v) is 17.5. The molecule has 1 aliphatic carbocycles. The molecule has 1 heterocycles. The van der Waals surface area contributed by atoms with Crippen LogP contribution in [0.5, 0.6) is 0 Å². The molecule has 0 radical (unpaired) electrons. The van der Waals surface area contributed by atoms with E-state index in [4.69, 9.17) is 18.6 Å². The lowest BCUT2D eigenvalue weighted by Crippen LogP contribution is -2.67. The van der Waals surface area contributed by atoms with Gasteiger partial charge in [0.1, 0.15) is 18.3 Å². The fourth-order valence-electron chi connectivity index (χ4n) is 3.21. The van der Waals surface area contributed by atoms with Crippen LogP contribution in [-0.4, -0.2) is 67.4 Å². The molecule has 0 aromatic carbocycles. The summed E-state index contributed by atoms with van der Waals surface area (Å²) in [5.41, 5.74) is -2.09. The average molecular weight is 377 g/mol. The molecule has 0 amide bonds. The highest BCUT2D eigenvalue weighted by Gasteiger charge is 2.63. The predicted octanol–water partition coefficient (Wildman–Crippen LogP) is 1.57. The fourth-order valence-corrected chi connectivity index (χ4v) is 4.54. The minimum absolute atomic E-state index is 0.0586. The van der Waals surface area contributed by atoms with E-state index >= 15 is 0 Å². The first-order chi connectivity index (χ1) is 11.1. The molecule has 2 rings (SSSR count). The summed E-state index contributed by atoms with van der Waals surface area (Å²) >= 11 is 0. The van der Waals surface area contributed by atoms with Gasteiger partial charge in [-0.1, -0.05) is 20.8 Å². The Kier molecular flexibility index (Phi) is 5.22. The van der Waals surface area contributed by atoms with Crippen LogP contribution in [0.2, 0.25) is 18.1 Å². The molecule has 1 aliphatic heterocycles. The number of carbonyl (C=O) groups excluding carboxylic acids is 1. The lowest BCUT2D eigenvalue weighted by molar-refractivity contribution is -0.210. The third kappa shape index (κ3) is 3.65. The van der Waals surface area contributed by atoms with Crippen molar-refractivity contribution in [1.82, 2.24) is 0 Å². The van der Waals surface area contributed by atoms with E-state index < -0.39 is 50.1 Å². The van der Waals surface area contributed by atoms with Gasteiger partial charge < -0.3 is 28.8 Å². The lowest BCUT2D eigenvalue weighted by Gasteiger charge is -2.47. The highest BCUT2D eigenvalue weighted by molar-refractivity contribution is 6.74. The molecular formula is C17H32O7Si. The number of esters is 1. The van der Waals surface area contributed by atoms with E-state index in [1.54, 1.807) is 13.8 Å². The van der Waals surface area contributed by atoms with Gasteiger partial charge in [0, 0.05) is 6.42 Å². The largest absolute Gasteiger partial charge is 0.467 e. The van der Waals surface area contributed by atoms with Crippen LogP contribution in [0, 0.1) is 0 Å². The third-order valence-electron chi connectivity index (χ3n) is 5.63. The van der Waals surface area contributed by atoms with E-state index in [0.29, 0.717) is 0 Å². The van der Waals surface area contributed by atoms with Gasteiger partial charge in [-0.15, -0.1) is 0 Å². The number of fused-ring (bicyclic) bond motifs is 1. The minimum atomic E-state index is -2.21. The van der Waals surface area contributed by atoms with E-state index in [9.17, 15) is 15.0 Å². The second-order valence-corrected chi connectivity index (χ2v) is 13.8. The normalized spacial score (nSPS) is 38.3. The predicted molar refractivity (Wildman–Crippen MR) is 93.5 cm³/mol. The molecular weight excluding hydrogens is 344 g/mol. The molecule has 2 aliphatic rings. The Morgan fingerprint density at radius 2 is 1.72 bits per heavy atom. The van der Waals surface area contributed by atoms with Gasteiger partial charge in [-0.05, 0) is 32.0 Å². The van der Waals surface area contributed by atoms with E-state index in [-0.39, 0.29) is 11.5 Å². The molecule has 0 aromatic heterocycles. The van der Waals surface area contributed by atoms with Crippen LogP contribution >= 0.6 is 0 Å². The summed E-state index contributed by atoms with van der Waals surface area (Å²) in [5.74, 6) is -1.83. The van der Waals surface area contributed by atoms with E-state index in [2.05, 4.69) is 33.9 Å². The molecule has 0 unspecified atom stereocenters. The minimum Gasteiger partial charge on any atom is -0.467 e. The number of aliphatic hydroxyl groups is 2. The molecule has 0 bridgehead atoms. The van der Waals surface area contributed by atoms with Gasteiger partial charge in [0.2, 0.25) is 0 Å². The maximum Gasteiger partial charge on any atom is 0.340 e. The van der Waals surface area contributed by atoms with Crippen molar-refractivity contribution < 1.29 is 33.6 Å². The third-order valence-corrected chi connectivity index (χ3v) is 10.1. The highest BCUT2D eigenvalue weighted by Crippen LogP contribution is 2.46. The average Bonchev–Trinajstić information content (AvgIpc) is 2.78. The number of hydrogen-bond acceptors (Lipinski definition) is 7. The maximum atomic E-state index is 12.2. The summed E-state index contributed by atoms with van der Waals surface area (Å²) in [6.07, 6.45) is -3.58. The zero-order chi connectivity index (χ0) is 19.4. The second kappa shape index (κ2) is 6.28. The van der Waals surface area contributed by atoms with Crippen molar-refractivity contribution in [3.63, 3.8) is 0 Å².